The minimum absolute atomic E-state index is 0.0796. The molecule has 0 saturated heterocycles. The van der Waals surface area contributed by atoms with Crippen molar-refractivity contribution >= 4 is 35.0 Å². The molecule has 3 aromatic rings. The molecule has 34 heavy (non-hydrogen) atoms. The molecule has 0 radical (unpaired) electrons. The fourth-order valence-corrected chi connectivity index (χ4v) is 3.91. The fraction of sp³-hybridized carbons (Fsp3) is 0.231. The molecule has 2 amide bonds. The lowest BCUT2D eigenvalue weighted by Crippen LogP contribution is -2.51. The summed E-state index contributed by atoms with van der Waals surface area (Å²) in [6, 6.07) is 19.0. The maximum absolute atomic E-state index is 13.4. The lowest BCUT2D eigenvalue weighted by Gasteiger charge is -2.31. The molecule has 0 aliphatic carbocycles. The van der Waals surface area contributed by atoms with Gasteiger partial charge in [0.2, 0.25) is 5.91 Å². The van der Waals surface area contributed by atoms with Crippen LogP contribution in [0.3, 0.4) is 0 Å². The molecule has 1 atom stereocenters. The Morgan fingerprint density at radius 1 is 1.03 bits per heavy atom. The Balaban J connectivity index is 1.91. The van der Waals surface area contributed by atoms with Crippen molar-refractivity contribution in [3.05, 3.63) is 99.8 Å². The van der Waals surface area contributed by atoms with Gasteiger partial charge in [-0.15, -0.1) is 0 Å². The first-order valence-electron chi connectivity index (χ1n) is 10.8. The summed E-state index contributed by atoms with van der Waals surface area (Å²) >= 11 is 12.4. The Hall–Kier alpha value is -3.09. The lowest BCUT2D eigenvalue weighted by atomic mass is 10.0. The average Bonchev–Trinajstić information content (AvgIpc) is 2.82. The standard InChI is InChI=1S/C26H25Cl2FN2O3/c1-2-30-26(33)24(14-18-6-4-3-5-7-18)31(16-19-8-9-20(27)15-23(19)28)25(32)17-34-22-12-10-21(29)11-13-22/h3-13,15,24H,2,14,16-17H2,1H3,(H,30,33)/t24-/m1/s1. The van der Waals surface area contributed by atoms with Gasteiger partial charge in [0.05, 0.1) is 0 Å². The largest absolute Gasteiger partial charge is 0.484 e. The number of halogens is 3. The van der Waals surface area contributed by atoms with Gasteiger partial charge in [0.15, 0.2) is 6.61 Å². The third kappa shape index (κ3) is 7.20. The summed E-state index contributed by atoms with van der Waals surface area (Å²) in [7, 11) is 0. The average molecular weight is 503 g/mol. The number of carbonyl (C=O) groups excluding carboxylic acids is 2. The van der Waals surface area contributed by atoms with Crippen LogP contribution in [0.1, 0.15) is 18.1 Å². The van der Waals surface area contributed by atoms with E-state index in [9.17, 15) is 14.0 Å². The Morgan fingerprint density at radius 2 is 1.74 bits per heavy atom. The second-order valence-corrected chi connectivity index (χ2v) is 8.44. The molecular weight excluding hydrogens is 478 g/mol. The molecule has 0 unspecified atom stereocenters. The number of likely N-dealkylation sites (N-methyl/N-ethyl adjacent to an activating group) is 1. The molecule has 0 heterocycles. The molecule has 8 heteroatoms. The monoisotopic (exact) mass is 502 g/mol. The molecule has 0 aliphatic rings. The van der Waals surface area contributed by atoms with Gasteiger partial charge in [-0.2, -0.15) is 0 Å². The zero-order valence-corrected chi connectivity index (χ0v) is 20.2. The van der Waals surface area contributed by atoms with Gasteiger partial charge in [-0.25, -0.2) is 4.39 Å². The summed E-state index contributed by atoms with van der Waals surface area (Å²) in [5.41, 5.74) is 1.54. The van der Waals surface area contributed by atoms with Crippen molar-refractivity contribution < 1.29 is 18.7 Å². The smallest absolute Gasteiger partial charge is 0.261 e. The minimum atomic E-state index is -0.807. The van der Waals surface area contributed by atoms with Gasteiger partial charge in [0.1, 0.15) is 17.6 Å². The maximum Gasteiger partial charge on any atom is 0.261 e. The molecule has 5 nitrogen and oxygen atoms in total. The molecule has 178 valence electrons. The highest BCUT2D eigenvalue weighted by molar-refractivity contribution is 6.35. The number of hydrogen-bond donors (Lipinski definition) is 1. The number of rotatable bonds is 10. The van der Waals surface area contributed by atoms with Crippen molar-refractivity contribution in [2.45, 2.75) is 25.9 Å². The number of ether oxygens (including phenoxy) is 1. The Morgan fingerprint density at radius 3 is 2.38 bits per heavy atom. The van der Waals surface area contributed by atoms with Crippen LogP contribution in [0.5, 0.6) is 5.75 Å². The van der Waals surface area contributed by atoms with Crippen molar-refractivity contribution in [3.63, 3.8) is 0 Å². The van der Waals surface area contributed by atoms with Gasteiger partial charge < -0.3 is 15.0 Å². The van der Waals surface area contributed by atoms with E-state index in [4.69, 9.17) is 27.9 Å². The number of hydrogen-bond acceptors (Lipinski definition) is 3. The van der Waals surface area contributed by atoms with E-state index in [1.54, 1.807) is 18.2 Å². The quantitative estimate of drug-likeness (QED) is 0.409. The molecule has 0 aliphatic heterocycles. The van der Waals surface area contributed by atoms with Crippen LogP contribution in [0.2, 0.25) is 10.0 Å². The van der Waals surface area contributed by atoms with E-state index in [-0.39, 0.29) is 19.1 Å². The number of amides is 2. The highest BCUT2D eigenvalue weighted by atomic mass is 35.5. The third-order valence-corrected chi connectivity index (χ3v) is 5.74. The summed E-state index contributed by atoms with van der Waals surface area (Å²) in [4.78, 5) is 27.9. The van der Waals surface area contributed by atoms with Gasteiger partial charge in [0.25, 0.3) is 5.91 Å². The molecule has 0 spiro atoms. The summed E-state index contributed by atoms with van der Waals surface area (Å²) in [6.07, 6.45) is 0.306. The second-order valence-electron chi connectivity index (χ2n) is 7.60. The van der Waals surface area contributed by atoms with E-state index < -0.39 is 17.8 Å². The van der Waals surface area contributed by atoms with Gasteiger partial charge >= 0.3 is 0 Å². The molecular formula is C26H25Cl2FN2O3. The van der Waals surface area contributed by atoms with Crippen LogP contribution >= 0.6 is 23.2 Å². The normalized spacial score (nSPS) is 11.5. The van der Waals surface area contributed by atoms with Crippen LogP contribution in [0.15, 0.2) is 72.8 Å². The Labute approximate surface area is 208 Å². The second kappa shape index (κ2) is 12.4. The van der Waals surface area contributed by atoms with Crippen LogP contribution in [-0.4, -0.2) is 35.9 Å². The predicted molar refractivity (Wildman–Crippen MR) is 132 cm³/mol. The first kappa shape index (κ1) is 25.5. The van der Waals surface area contributed by atoms with E-state index in [1.165, 1.54) is 29.2 Å². The van der Waals surface area contributed by atoms with E-state index >= 15 is 0 Å². The van der Waals surface area contributed by atoms with Crippen molar-refractivity contribution in [1.29, 1.82) is 0 Å². The lowest BCUT2D eigenvalue weighted by molar-refractivity contribution is -0.142. The van der Waals surface area contributed by atoms with Gasteiger partial charge in [0, 0.05) is 29.6 Å². The summed E-state index contributed by atoms with van der Waals surface area (Å²) in [6.45, 7) is 1.98. The zero-order valence-electron chi connectivity index (χ0n) is 18.6. The predicted octanol–water partition coefficient (Wildman–Crippen LogP) is 5.29. The Bertz CT molecular complexity index is 1110. The van der Waals surface area contributed by atoms with Gasteiger partial charge in [-0.1, -0.05) is 59.6 Å². The molecule has 3 aromatic carbocycles. The summed E-state index contributed by atoms with van der Waals surface area (Å²) in [5.74, 6) is -0.761. The van der Waals surface area contributed by atoms with E-state index in [2.05, 4.69) is 5.32 Å². The van der Waals surface area contributed by atoms with E-state index in [0.717, 1.165) is 5.56 Å². The SMILES string of the molecule is CCNC(=O)[C@@H](Cc1ccccc1)N(Cc1ccc(Cl)cc1Cl)C(=O)COc1ccc(F)cc1. The van der Waals surface area contributed by atoms with Crippen LogP contribution in [0.4, 0.5) is 4.39 Å². The highest BCUT2D eigenvalue weighted by Gasteiger charge is 2.31. The topological polar surface area (TPSA) is 58.6 Å². The molecule has 1 N–H and O–H groups in total. The van der Waals surface area contributed by atoms with Crippen molar-refractivity contribution in [2.24, 2.45) is 0 Å². The van der Waals surface area contributed by atoms with Crippen molar-refractivity contribution in [3.8, 4) is 5.75 Å². The fourth-order valence-electron chi connectivity index (χ4n) is 3.44. The minimum Gasteiger partial charge on any atom is -0.484 e. The number of carbonyl (C=O) groups is 2. The van der Waals surface area contributed by atoms with Crippen LogP contribution in [-0.2, 0) is 22.6 Å². The first-order chi connectivity index (χ1) is 16.4. The summed E-state index contributed by atoms with van der Waals surface area (Å²) < 4.78 is 18.8. The summed E-state index contributed by atoms with van der Waals surface area (Å²) in [5, 5.41) is 3.68. The number of nitrogens with zero attached hydrogens (tertiary/aromatic N) is 1. The maximum atomic E-state index is 13.4. The number of nitrogens with one attached hydrogen (secondary N) is 1. The molecule has 0 bridgehead atoms. The van der Waals surface area contributed by atoms with Crippen molar-refractivity contribution in [2.75, 3.05) is 13.2 Å². The Kier molecular flexibility index (Phi) is 9.31. The third-order valence-electron chi connectivity index (χ3n) is 5.15. The number of benzene rings is 3. The molecule has 0 saturated carbocycles. The van der Waals surface area contributed by atoms with E-state index in [1.807, 2.05) is 37.3 Å². The van der Waals surface area contributed by atoms with Crippen LogP contribution < -0.4 is 10.1 Å². The first-order valence-corrected chi connectivity index (χ1v) is 11.6. The molecule has 0 fully saturated rings. The zero-order chi connectivity index (χ0) is 24.5. The van der Waals surface area contributed by atoms with Gasteiger partial charge in [-0.05, 0) is 54.4 Å². The molecule has 0 aromatic heterocycles. The van der Waals surface area contributed by atoms with E-state index in [0.29, 0.717) is 34.3 Å². The van der Waals surface area contributed by atoms with Crippen LogP contribution in [0.25, 0.3) is 0 Å². The van der Waals surface area contributed by atoms with Crippen LogP contribution in [0, 0.1) is 5.82 Å². The van der Waals surface area contributed by atoms with Gasteiger partial charge in [-0.3, -0.25) is 9.59 Å². The highest BCUT2D eigenvalue weighted by Crippen LogP contribution is 2.24. The van der Waals surface area contributed by atoms with Crippen molar-refractivity contribution in [1.82, 2.24) is 10.2 Å². The molecule has 3 rings (SSSR count).